The van der Waals surface area contributed by atoms with Crippen molar-refractivity contribution in [1.29, 1.82) is 5.26 Å². The van der Waals surface area contributed by atoms with Crippen molar-refractivity contribution >= 4 is 21.6 Å². The van der Waals surface area contributed by atoms with Gasteiger partial charge in [-0.3, -0.25) is 4.79 Å². The fraction of sp³-hybridized carbons (Fsp3) is 0.294. The van der Waals surface area contributed by atoms with Crippen LogP contribution in [0.15, 0.2) is 35.4 Å². The number of aromatic nitrogens is 1. The molecular weight excluding hydrogens is 432 g/mol. The summed E-state index contributed by atoms with van der Waals surface area (Å²) >= 11 is 0. The minimum atomic E-state index is -5.27. The molecule has 162 valence electrons. The summed E-state index contributed by atoms with van der Waals surface area (Å²) in [6.45, 7) is 0.943. The summed E-state index contributed by atoms with van der Waals surface area (Å²) in [7, 11) is -3.58. The molecule has 2 rings (SSSR count). The molecule has 1 amide bonds. The normalized spacial score (nSPS) is 14.1. The Kier molecular flexibility index (Phi) is 6.26. The van der Waals surface area contributed by atoms with E-state index in [0.29, 0.717) is 0 Å². The molecule has 0 aliphatic heterocycles. The first-order valence-electron chi connectivity index (χ1n) is 8.24. The maximum atomic E-state index is 13.4. The minimum Gasteiger partial charge on any atom is -0.367 e. The number of halogens is 4. The van der Waals surface area contributed by atoms with E-state index in [9.17, 15) is 35.9 Å². The lowest BCUT2D eigenvalue weighted by molar-refractivity contribution is -0.265. The lowest BCUT2D eigenvalue weighted by Gasteiger charge is -2.29. The lowest BCUT2D eigenvalue weighted by Crippen LogP contribution is -2.58. The van der Waals surface area contributed by atoms with E-state index in [2.05, 4.69) is 5.32 Å². The maximum Gasteiger partial charge on any atom is 0.431 e. The SMILES string of the molecule is CCC(O)(NS(=O)(=O)c1cc(C(=O)Nc2ccc(F)c(C#N)c2)n(C)c1)C(F)(F)F. The van der Waals surface area contributed by atoms with Crippen molar-refractivity contribution in [3.63, 3.8) is 0 Å². The molecule has 1 aromatic carbocycles. The van der Waals surface area contributed by atoms with Crippen LogP contribution in [-0.2, 0) is 17.1 Å². The van der Waals surface area contributed by atoms with Crippen LogP contribution in [0.1, 0.15) is 29.4 Å². The van der Waals surface area contributed by atoms with Gasteiger partial charge in [0, 0.05) is 18.9 Å². The molecule has 1 unspecified atom stereocenters. The van der Waals surface area contributed by atoms with Gasteiger partial charge < -0.3 is 15.0 Å². The fourth-order valence-electron chi connectivity index (χ4n) is 2.40. The number of nitriles is 1. The Morgan fingerprint density at radius 3 is 2.47 bits per heavy atom. The number of alkyl halides is 3. The van der Waals surface area contributed by atoms with E-state index in [4.69, 9.17) is 5.26 Å². The van der Waals surface area contributed by atoms with Crippen molar-refractivity contribution < 1.29 is 35.9 Å². The molecule has 1 atom stereocenters. The number of amides is 1. The van der Waals surface area contributed by atoms with Gasteiger partial charge in [-0.25, -0.2) is 12.8 Å². The monoisotopic (exact) mass is 448 g/mol. The zero-order valence-electron chi connectivity index (χ0n) is 15.6. The van der Waals surface area contributed by atoms with E-state index in [1.807, 2.05) is 0 Å². The Morgan fingerprint density at radius 1 is 1.30 bits per heavy atom. The standard InChI is InChI=1S/C17H16F4N4O4S/c1-3-16(27,17(19,20)21)24-30(28,29)12-7-14(25(2)9-12)15(26)23-11-4-5-13(18)10(6-11)8-22/h4-7,9,24,27H,3H2,1-2H3,(H,23,26). The van der Waals surface area contributed by atoms with E-state index in [1.165, 1.54) is 17.8 Å². The number of carbonyl (C=O) groups excluding carboxylic acids is 1. The molecule has 0 saturated carbocycles. The third kappa shape index (κ3) is 4.61. The van der Waals surface area contributed by atoms with Gasteiger partial charge in [-0.1, -0.05) is 6.92 Å². The van der Waals surface area contributed by atoms with Crippen LogP contribution in [0.25, 0.3) is 0 Å². The van der Waals surface area contributed by atoms with E-state index in [-0.39, 0.29) is 16.9 Å². The first-order chi connectivity index (χ1) is 13.7. The molecule has 3 N–H and O–H groups in total. The second-order valence-electron chi connectivity index (χ2n) is 6.25. The highest BCUT2D eigenvalue weighted by molar-refractivity contribution is 7.89. The van der Waals surface area contributed by atoms with E-state index in [0.717, 1.165) is 35.9 Å². The second-order valence-corrected chi connectivity index (χ2v) is 7.93. The van der Waals surface area contributed by atoms with Gasteiger partial charge in [0.25, 0.3) is 5.91 Å². The van der Waals surface area contributed by atoms with Gasteiger partial charge in [0.2, 0.25) is 15.7 Å². The van der Waals surface area contributed by atoms with Crippen LogP contribution in [0.3, 0.4) is 0 Å². The van der Waals surface area contributed by atoms with Crippen LogP contribution < -0.4 is 10.0 Å². The molecule has 8 nitrogen and oxygen atoms in total. The van der Waals surface area contributed by atoms with E-state index in [1.54, 1.807) is 6.07 Å². The number of aryl methyl sites for hydroxylation is 1. The van der Waals surface area contributed by atoms with Gasteiger partial charge in [0.15, 0.2) is 0 Å². The van der Waals surface area contributed by atoms with Crippen molar-refractivity contribution in [2.45, 2.75) is 30.1 Å². The number of anilines is 1. The largest absolute Gasteiger partial charge is 0.431 e. The summed E-state index contributed by atoms with van der Waals surface area (Å²) in [5, 5.41) is 20.8. The molecule has 13 heteroatoms. The van der Waals surface area contributed by atoms with Gasteiger partial charge in [-0.15, -0.1) is 0 Å². The predicted molar refractivity (Wildman–Crippen MR) is 96.1 cm³/mol. The zero-order valence-corrected chi connectivity index (χ0v) is 16.4. The molecule has 0 radical (unpaired) electrons. The predicted octanol–water partition coefficient (Wildman–Crippen LogP) is 2.23. The summed E-state index contributed by atoms with van der Waals surface area (Å²) in [6.07, 6.45) is -5.37. The maximum absolute atomic E-state index is 13.4. The number of sulfonamides is 1. The van der Waals surface area contributed by atoms with Gasteiger partial charge in [-0.2, -0.15) is 23.2 Å². The number of benzene rings is 1. The van der Waals surface area contributed by atoms with Crippen LogP contribution in [0.2, 0.25) is 0 Å². The summed E-state index contributed by atoms with van der Waals surface area (Å²) in [5.74, 6) is -1.67. The van der Waals surface area contributed by atoms with Gasteiger partial charge >= 0.3 is 6.18 Å². The molecule has 0 fully saturated rings. The fourth-order valence-corrected chi connectivity index (χ4v) is 3.79. The van der Waals surface area contributed by atoms with Crippen molar-refractivity contribution in [3.05, 3.63) is 47.5 Å². The first kappa shape index (κ1) is 23.3. The molecule has 0 saturated heterocycles. The summed E-state index contributed by atoms with van der Waals surface area (Å²) < 4.78 is 79.3. The number of rotatable bonds is 6. The number of hydrogen-bond acceptors (Lipinski definition) is 5. The minimum absolute atomic E-state index is 0.0408. The van der Waals surface area contributed by atoms with Crippen molar-refractivity contribution in [3.8, 4) is 6.07 Å². The van der Waals surface area contributed by atoms with Crippen LogP contribution in [0.4, 0.5) is 23.2 Å². The van der Waals surface area contributed by atoms with Crippen molar-refractivity contribution in [2.24, 2.45) is 7.05 Å². The number of hydrogen-bond donors (Lipinski definition) is 3. The van der Waals surface area contributed by atoms with Gasteiger partial charge in [0.05, 0.1) is 5.56 Å². The second kappa shape index (κ2) is 8.05. The average molecular weight is 448 g/mol. The van der Waals surface area contributed by atoms with Crippen molar-refractivity contribution in [2.75, 3.05) is 5.32 Å². The third-order valence-electron chi connectivity index (χ3n) is 4.15. The Balaban J connectivity index is 2.32. The molecular formula is C17H16F4N4O4S. The van der Waals surface area contributed by atoms with Crippen LogP contribution in [0.5, 0.6) is 0 Å². The Bertz CT molecular complexity index is 1120. The number of carbonyl (C=O) groups is 1. The van der Waals surface area contributed by atoms with Crippen LogP contribution in [0, 0.1) is 17.1 Å². The topological polar surface area (TPSA) is 124 Å². The number of nitrogens with zero attached hydrogens (tertiary/aromatic N) is 2. The van der Waals surface area contributed by atoms with Crippen LogP contribution >= 0.6 is 0 Å². The highest BCUT2D eigenvalue weighted by atomic mass is 32.2. The number of nitrogens with one attached hydrogen (secondary N) is 2. The summed E-state index contributed by atoms with van der Waals surface area (Å²) in [5.41, 5.74) is -4.24. The van der Waals surface area contributed by atoms with Gasteiger partial charge in [-0.05, 0) is 30.7 Å². The Labute approximate surface area is 168 Å². The third-order valence-corrected chi connectivity index (χ3v) is 5.60. The average Bonchev–Trinajstić information content (AvgIpc) is 3.04. The zero-order chi connectivity index (χ0) is 22.9. The molecule has 2 aromatic rings. The summed E-state index contributed by atoms with van der Waals surface area (Å²) in [6, 6.07) is 5.56. The molecule has 1 heterocycles. The molecule has 0 spiro atoms. The highest BCUT2D eigenvalue weighted by Gasteiger charge is 2.55. The Morgan fingerprint density at radius 2 is 1.93 bits per heavy atom. The highest BCUT2D eigenvalue weighted by Crippen LogP contribution is 2.32. The smallest absolute Gasteiger partial charge is 0.367 e. The molecule has 0 aliphatic rings. The van der Waals surface area contributed by atoms with Crippen LogP contribution in [-0.4, -0.2) is 35.9 Å². The molecule has 0 aliphatic carbocycles. The summed E-state index contributed by atoms with van der Waals surface area (Å²) in [4.78, 5) is 11.7. The van der Waals surface area contributed by atoms with E-state index >= 15 is 0 Å². The molecule has 30 heavy (non-hydrogen) atoms. The first-order valence-corrected chi connectivity index (χ1v) is 9.73. The quantitative estimate of drug-likeness (QED) is 0.462. The van der Waals surface area contributed by atoms with Gasteiger partial charge in [0.1, 0.15) is 22.5 Å². The number of aliphatic hydroxyl groups is 1. The Hall–Kier alpha value is -2.95. The molecule has 1 aromatic heterocycles. The van der Waals surface area contributed by atoms with Crippen molar-refractivity contribution in [1.82, 2.24) is 9.29 Å². The van der Waals surface area contributed by atoms with E-state index < -0.39 is 45.0 Å². The molecule has 0 bridgehead atoms. The lowest BCUT2D eigenvalue weighted by atomic mass is 10.2.